The van der Waals surface area contributed by atoms with Crippen molar-refractivity contribution in [3.05, 3.63) is 126 Å². The number of benzene rings is 3. The van der Waals surface area contributed by atoms with Gasteiger partial charge in [-0.05, 0) is 67.3 Å². The van der Waals surface area contributed by atoms with Crippen molar-refractivity contribution in [3.63, 3.8) is 0 Å². The third kappa shape index (κ3) is 13.2. The molecule has 0 bridgehead atoms. The Bertz CT molecular complexity index is 2420. The fourth-order valence-corrected chi connectivity index (χ4v) is 8.22. The van der Waals surface area contributed by atoms with Crippen LogP contribution in [0.2, 0.25) is 0 Å². The highest BCUT2D eigenvalue weighted by Crippen LogP contribution is 2.22. The molecular weight excluding hydrogens is 841 g/mol. The highest BCUT2D eigenvalue weighted by Gasteiger charge is 2.35. The van der Waals surface area contributed by atoms with Gasteiger partial charge in [-0.15, -0.1) is 0 Å². The van der Waals surface area contributed by atoms with Gasteiger partial charge in [0.05, 0.1) is 17.9 Å². The van der Waals surface area contributed by atoms with Crippen molar-refractivity contribution in [2.45, 2.75) is 108 Å². The van der Waals surface area contributed by atoms with E-state index in [-0.39, 0.29) is 37.5 Å². The zero-order valence-corrected chi connectivity index (χ0v) is 37.3. The number of fused-ring (bicyclic) bond motifs is 1. The Labute approximate surface area is 383 Å². The van der Waals surface area contributed by atoms with E-state index in [2.05, 4.69) is 41.9 Å². The number of rotatable bonds is 24. The van der Waals surface area contributed by atoms with Gasteiger partial charge in [0, 0.05) is 42.7 Å². The van der Waals surface area contributed by atoms with E-state index in [0.717, 1.165) is 22.9 Å². The SMILES string of the molecule is CC[C@H](C)[C@H](NC(=O)[C@H](CCCc1ccccc1)NC(=O)[C@H](Cc1cnc[nH]1)NC(=O)[C@H](Cc1cn(C=O)c2ccccc12)NC(=O)[C@@H]1CCCN1)C(=O)N[C@@H](Cc1ccccc1)C(N)=O. The second kappa shape index (κ2) is 23.7. The van der Waals surface area contributed by atoms with E-state index in [9.17, 15) is 33.6 Å². The predicted molar refractivity (Wildman–Crippen MR) is 249 cm³/mol. The van der Waals surface area contributed by atoms with Crippen LogP contribution in [0.3, 0.4) is 0 Å². The molecular formula is C49H60N10O7. The normalized spacial score (nSPS) is 16.2. The fraction of sp³-hybridized carbons (Fsp3) is 0.388. The number of nitrogens with two attached hydrogens (primary N) is 1. The number of aromatic amines is 1. The molecule has 6 rings (SSSR count). The van der Waals surface area contributed by atoms with Gasteiger partial charge in [-0.25, -0.2) is 4.98 Å². The third-order valence-electron chi connectivity index (χ3n) is 12.2. The van der Waals surface area contributed by atoms with Crippen LogP contribution in [-0.4, -0.2) is 99.2 Å². The zero-order valence-electron chi connectivity index (χ0n) is 37.3. The van der Waals surface area contributed by atoms with Crippen molar-refractivity contribution in [1.82, 2.24) is 46.4 Å². The standard InChI is InChI=1S/C49H60N10O7/c1-3-31(2)43(49(66)55-39(44(50)61)24-33-16-8-5-9-17-33)58-46(63)38(20-12-18-32-14-6-4-7-15-32)54-48(65)41(26-35-27-51-29-53-35)57-47(64)40(56-45(62)37-21-13-23-52-37)25-34-28-59(30-60)42-22-11-10-19-36(34)42/h4-11,14-17,19,22,27-31,37-41,43,52H,3,12-13,18,20-21,23-26H2,1-2H3,(H2,50,61)(H,51,53)(H,54,65)(H,55,66)(H,56,62)(H,57,64)(H,58,63)/t31-,37-,38-,39-,40-,41-,43-/m0/s1. The van der Waals surface area contributed by atoms with Crippen molar-refractivity contribution in [2.24, 2.45) is 11.7 Å². The second-order valence-corrected chi connectivity index (χ2v) is 16.9. The fourth-order valence-electron chi connectivity index (χ4n) is 8.22. The smallest absolute Gasteiger partial charge is 0.243 e. The molecule has 0 saturated carbocycles. The van der Waals surface area contributed by atoms with Crippen molar-refractivity contribution in [3.8, 4) is 0 Å². The zero-order chi connectivity index (χ0) is 47.0. The van der Waals surface area contributed by atoms with Crippen LogP contribution in [0.25, 0.3) is 10.9 Å². The molecule has 66 heavy (non-hydrogen) atoms. The van der Waals surface area contributed by atoms with Crippen LogP contribution in [0, 0.1) is 5.92 Å². The number of nitrogens with zero attached hydrogens (tertiary/aromatic N) is 2. The summed E-state index contributed by atoms with van der Waals surface area (Å²) >= 11 is 0. The molecule has 1 aliphatic rings. The molecule has 0 radical (unpaired) electrons. The molecule has 5 aromatic rings. The van der Waals surface area contributed by atoms with Gasteiger partial charge in [0.15, 0.2) is 0 Å². The van der Waals surface area contributed by atoms with Gasteiger partial charge in [-0.2, -0.15) is 0 Å². The number of aromatic nitrogens is 3. The predicted octanol–water partition coefficient (Wildman–Crippen LogP) is 2.16. The van der Waals surface area contributed by atoms with Crippen molar-refractivity contribution < 1.29 is 33.6 Å². The Kier molecular flexibility index (Phi) is 17.3. The lowest BCUT2D eigenvalue weighted by atomic mass is 9.96. The van der Waals surface area contributed by atoms with Crippen molar-refractivity contribution in [1.29, 1.82) is 0 Å². The van der Waals surface area contributed by atoms with E-state index in [1.54, 1.807) is 25.3 Å². The summed E-state index contributed by atoms with van der Waals surface area (Å²) in [6.07, 6.45) is 8.42. The number of carbonyl (C=O) groups excluding carboxylic acids is 7. The number of amides is 6. The Morgan fingerprint density at radius 2 is 1.41 bits per heavy atom. The second-order valence-electron chi connectivity index (χ2n) is 16.9. The first-order valence-corrected chi connectivity index (χ1v) is 22.6. The maximum absolute atomic E-state index is 14.6. The largest absolute Gasteiger partial charge is 0.368 e. The molecule has 7 atom stereocenters. The monoisotopic (exact) mass is 900 g/mol. The van der Waals surface area contributed by atoms with Crippen LogP contribution in [-0.2, 0) is 59.2 Å². The topological polar surface area (TPSA) is 251 Å². The number of nitrogens with one attached hydrogen (secondary N) is 7. The molecule has 1 aliphatic heterocycles. The quantitative estimate of drug-likeness (QED) is 0.0422. The minimum Gasteiger partial charge on any atom is -0.368 e. The molecule has 3 heterocycles. The highest BCUT2D eigenvalue weighted by molar-refractivity contribution is 5.97. The van der Waals surface area contributed by atoms with E-state index in [4.69, 9.17) is 5.73 Å². The maximum Gasteiger partial charge on any atom is 0.243 e. The summed E-state index contributed by atoms with van der Waals surface area (Å²) in [4.78, 5) is 103. The van der Waals surface area contributed by atoms with Crippen LogP contribution in [0.5, 0.6) is 0 Å². The van der Waals surface area contributed by atoms with Crippen LogP contribution in [0.1, 0.15) is 68.3 Å². The van der Waals surface area contributed by atoms with Crippen LogP contribution < -0.4 is 37.6 Å². The molecule has 0 unspecified atom stereocenters. The molecule has 3 aromatic carbocycles. The lowest BCUT2D eigenvalue weighted by molar-refractivity contribution is -0.135. The molecule has 348 valence electrons. The first-order chi connectivity index (χ1) is 31.9. The molecule has 17 heteroatoms. The summed E-state index contributed by atoms with van der Waals surface area (Å²) in [5.41, 5.74) is 9.32. The molecule has 1 saturated heterocycles. The number of para-hydroxylation sites is 1. The summed E-state index contributed by atoms with van der Waals surface area (Å²) in [6, 6.07) is 19.7. The Balaban J connectivity index is 1.25. The molecule has 6 amide bonds. The molecule has 1 fully saturated rings. The van der Waals surface area contributed by atoms with Gasteiger partial charge in [0.25, 0.3) is 0 Å². The lowest BCUT2D eigenvalue weighted by Gasteiger charge is -2.29. The van der Waals surface area contributed by atoms with Gasteiger partial charge in [0.1, 0.15) is 30.2 Å². The number of H-pyrrole nitrogens is 1. The van der Waals surface area contributed by atoms with Crippen molar-refractivity contribution in [2.75, 3.05) is 6.54 Å². The van der Waals surface area contributed by atoms with Gasteiger partial charge in [0.2, 0.25) is 41.9 Å². The number of imidazole rings is 1. The molecule has 0 spiro atoms. The summed E-state index contributed by atoms with van der Waals surface area (Å²) < 4.78 is 1.41. The lowest BCUT2D eigenvalue weighted by Crippen LogP contribution is -2.60. The summed E-state index contributed by atoms with van der Waals surface area (Å²) in [6.45, 7) is 4.32. The minimum atomic E-state index is -1.27. The number of primary amides is 1. The number of hydrogen-bond donors (Lipinski definition) is 8. The Morgan fingerprint density at radius 3 is 2.05 bits per heavy atom. The average molecular weight is 901 g/mol. The third-order valence-corrected chi connectivity index (χ3v) is 12.2. The Morgan fingerprint density at radius 1 is 0.773 bits per heavy atom. The number of carbonyl (C=O) groups is 7. The van der Waals surface area contributed by atoms with E-state index in [0.29, 0.717) is 55.4 Å². The molecule has 9 N–H and O–H groups in total. The summed E-state index contributed by atoms with van der Waals surface area (Å²) in [5.74, 6) is -4.10. The first kappa shape index (κ1) is 48.3. The van der Waals surface area contributed by atoms with Gasteiger partial charge in [-0.1, -0.05) is 99.1 Å². The minimum absolute atomic E-state index is 0.00438. The van der Waals surface area contributed by atoms with Crippen LogP contribution in [0.4, 0.5) is 0 Å². The first-order valence-electron chi connectivity index (χ1n) is 22.6. The van der Waals surface area contributed by atoms with Gasteiger partial charge >= 0.3 is 0 Å². The van der Waals surface area contributed by atoms with E-state index < -0.39 is 65.8 Å². The van der Waals surface area contributed by atoms with Crippen LogP contribution >= 0.6 is 0 Å². The van der Waals surface area contributed by atoms with Crippen LogP contribution in [0.15, 0.2) is 104 Å². The molecule has 17 nitrogen and oxygen atoms in total. The average Bonchev–Trinajstić information content (AvgIpc) is 4.13. The maximum atomic E-state index is 14.6. The summed E-state index contributed by atoms with van der Waals surface area (Å²) in [7, 11) is 0. The van der Waals surface area contributed by atoms with E-state index >= 15 is 0 Å². The molecule has 2 aromatic heterocycles. The van der Waals surface area contributed by atoms with E-state index in [1.807, 2.05) is 79.7 Å². The highest BCUT2D eigenvalue weighted by atomic mass is 16.2. The molecule has 0 aliphatic carbocycles. The van der Waals surface area contributed by atoms with Gasteiger partial charge in [-0.3, -0.25) is 38.1 Å². The van der Waals surface area contributed by atoms with E-state index in [1.165, 1.54) is 17.1 Å². The van der Waals surface area contributed by atoms with Crippen molar-refractivity contribution >= 4 is 52.8 Å². The van der Waals surface area contributed by atoms with Gasteiger partial charge < -0.3 is 42.6 Å². The summed E-state index contributed by atoms with van der Waals surface area (Å²) in [5, 5.41) is 18.1. The number of hydrogen-bond acceptors (Lipinski definition) is 9. The number of aryl methyl sites for hydroxylation is 1. The Hall–Kier alpha value is -7.14.